The van der Waals surface area contributed by atoms with Crippen LogP contribution < -0.4 is 5.32 Å². The third-order valence-corrected chi connectivity index (χ3v) is 5.34. The fraction of sp³-hybridized carbons (Fsp3) is 0.273. The Morgan fingerprint density at radius 3 is 2.59 bits per heavy atom. The van der Waals surface area contributed by atoms with Crippen molar-refractivity contribution in [3.05, 3.63) is 76.9 Å². The SMILES string of the molecule is O=C(NCC(c1ccc(Cl)cc1)N1CCOCC1)c1cc(-c2ccccc2)n[nH]1. The van der Waals surface area contributed by atoms with E-state index < -0.39 is 0 Å². The summed E-state index contributed by atoms with van der Waals surface area (Å²) in [6.07, 6.45) is 0. The number of nitrogens with one attached hydrogen (secondary N) is 2. The van der Waals surface area contributed by atoms with E-state index in [2.05, 4.69) is 20.4 Å². The lowest BCUT2D eigenvalue weighted by molar-refractivity contribution is 0.0162. The Morgan fingerprint density at radius 2 is 1.86 bits per heavy atom. The van der Waals surface area contributed by atoms with Crippen molar-refractivity contribution < 1.29 is 9.53 Å². The van der Waals surface area contributed by atoms with Gasteiger partial charge in [0.25, 0.3) is 5.91 Å². The van der Waals surface area contributed by atoms with E-state index in [1.807, 2.05) is 54.6 Å². The number of halogens is 1. The summed E-state index contributed by atoms with van der Waals surface area (Å²) in [5.41, 5.74) is 3.28. The van der Waals surface area contributed by atoms with Gasteiger partial charge in [-0.2, -0.15) is 5.10 Å². The molecule has 0 spiro atoms. The highest BCUT2D eigenvalue weighted by Gasteiger charge is 2.23. The number of nitrogens with zero attached hydrogens (tertiary/aromatic N) is 2. The first-order valence-corrected chi connectivity index (χ1v) is 10.0. The third-order valence-electron chi connectivity index (χ3n) is 5.09. The van der Waals surface area contributed by atoms with Gasteiger partial charge >= 0.3 is 0 Å². The number of aromatic amines is 1. The molecule has 4 rings (SSSR count). The van der Waals surface area contributed by atoms with Crippen molar-refractivity contribution in [2.24, 2.45) is 0 Å². The molecule has 29 heavy (non-hydrogen) atoms. The van der Waals surface area contributed by atoms with Gasteiger partial charge in [-0.1, -0.05) is 54.1 Å². The summed E-state index contributed by atoms with van der Waals surface area (Å²) in [4.78, 5) is 15.0. The van der Waals surface area contributed by atoms with Gasteiger partial charge in [0.15, 0.2) is 0 Å². The number of H-pyrrole nitrogens is 1. The molecule has 6 nitrogen and oxygen atoms in total. The fourth-order valence-corrected chi connectivity index (χ4v) is 3.64. The van der Waals surface area contributed by atoms with Crippen LogP contribution in [-0.4, -0.2) is 53.9 Å². The number of aromatic nitrogens is 2. The van der Waals surface area contributed by atoms with Crippen LogP contribution in [0.5, 0.6) is 0 Å². The molecular formula is C22H23ClN4O2. The van der Waals surface area contributed by atoms with Crippen LogP contribution in [0, 0.1) is 0 Å². The first kappa shape index (κ1) is 19.6. The summed E-state index contributed by atoms with van der Waals surface area (Å²) < 4.78 is 5.48. The maximum atomic E-state index is 12.7. The number of hydrogen-bond donors (Lipinski definition) is 2. The molecule has 3 aromatic rings. The molecule has 1 aromatic heterocycles. The molecule has 0 radical (unpaired) electrons. The first-order valence-electron chi connectivity index (χ1n) is 9.67. The Kier molecular flexibility index (Phi) is 6.24. The van der Waals surface area contributed by atoms with Crippen LogP contribution in [0.3, 0.4) is 0 Å². The second-order valence-electron chi connectivity index (χ2n) is 6.96. The predicted molar refractivity (Wildman–Crippen MR) is 113 cm³/mol. The quantitative estimate of drug-likeness (QED) is 0.652. The summed E-state index contributed by atoms with van der Waals surface area (Å²) in [6.45, 7) is 3.52. The summed E-state index contributed by atoms with van der Waals surface area (Å²) in [6, 6.07) is 19.4. The Labute approximate surface area is 174 Å². The van der Waals surface area contributed by atoms with E-state index in [-0.39, 0.29) is 11.9 Å². The molecule has 1 saturated heterocycles. The van der Waals surface area contributed by atoms with Crippen molar-refractivity contribution in [2.45, 2.75) is 6.04 Å². The van der Waals surface area contributed by atoms with E-state index >= 15 is 0 Å². The van der Waals surface area contributed by atoms with E-state index in [0.29, 0.717) is 30.5 Å². The first-order chi connectivity index (χ1) is 14.2. The van der Waals surface area contributed by atoms with Gasteiger partial charge in [0.05, 0.1) is 24.9 Å². The van der Waals surface area contributed by atoms with Crippen LogP contribution in [0.1, 0.15) is 22.1 Å². The molecule has 0 bridgehead atoms. The predicted octanol–water partition coefficient (Wildman–Crippen LogP) is 3.53. The molecule has 7 heteroatoms. The van der Waals surface area contributed by atoms with Gasteiger partial charge < -0.3 is 10.1 Å². The third kappa shape index (κ3) is 4.85. The minimum Gasteiger partial charge on any atom is -0.379 e. The maximum Gasteiger partial charge on any atom is 0.269 e. The zero-order valence-corrected chi connectivity index (χ0v) is 16.7. The zero-order chi connectivity index (χ0) is 20.1. The standard InChI is InChI=1S/C22H23ClN4O2/c23-18-8-6-17(7-9-18)21(27-10-12-29-13-11-27)15-24-22(28)20-14-19(25-26-20)16-4-2-1-3-5-16/h1-9,14,21H,10-13,15H2,(H,24,28)(H,25,26). The molecule has 1 unspecified atom stereocenters. The summed E-state index contributed by atoms with van der Waals surface area (Å²) in [7, 11) is 0. The van der Waals surface area contributed by atoms with E-state index in [1.54, 1.807) is 6.07 Å². The maximum absolute atomic E-state index is 12.7. The lowest BCUT2D eigenvalue weighted by Crippen LogP contribution is -2.43. The van der Waals surface area contributed by atoms with Crippen LogP contribution >= 0.6 is 11.6 Å². The largest absolute Gasteiger partial charge is 0.379 e. The molecule has 1 fully saturated rings. The Bertz CT molecular complexity index is 937. The smallest absolute Gasteiger partial charge is 0.269 e. The normalized spacial score (nSPS) is 15.8. The zero-order valence-electron chi connectivity index (χ0n) is 16.0. The van der Waals surface area contributed by atoms with Crippen LogP contribution in [0.2, 0.25) is 5.02 Å². The van der Waals surface area contributed by atoms with Crippen LogP contribution in [0.4, 0.5) is 0 Å². The number of carbonyl (C=O) groups is 1. The highest BCUT2D eigenvalue weighted by Crippen LogP contribution is 2.23. The number of ether oxygens (including phenoxy) is 1. The van der Waals surface area contributed by atoms with Gasteiger partial charge in [0, 0.05) is 30.2 Å². The molecule has 0 saturated carbocycles. The van der Waals surface area contributed by atoms with Gasteiger partial charge in [-0.15, -0.1) is 0 Å². The number of amides is 1. The average molecular weight is 411 g/mol. The van der Waals surface area contributed by atoms with Crippen molar-refractivity contribution >= 4 is 17.5 Å². The molecule has 2 N–H and O–H groups in total. The van der Waals surface area contributed by atoms with Gasteiger partial charge in [0.1, 0.15) is 5.69 Å². The number of carbonyl (C=O) groups excluding carboxylic acids is 1. The monoisotopic (exact) mass is 410 g/mol. The molecule has 1 aliphatic heterocycles. The highest BCUT2D eigenvalue weighted by atomic mass is 35.5. The van der Waals surface area contributed by atoms with Crippen LogP contribution in [0.25, 0.3) is 11.3 Å². The lowest BCUT2D eigenvalue weighted by Gasteiger charge is -2.34. The van der Waals surface area contributed by atoms with Gasteiger partial charge in [-0.05, 0) is 23.8 Å². The number of hydrogen-bond acceptors (Lipinski definition) is 4. The van der Waals surface area contributed by atoms with Crippen LogP contribution in [0.15, 0.2) is 60.7 Å². The second-order valence-corrected chi connectivity index (χ2v) is 7.40. The van der Waals surface area contributed by atoms with Gasteiger partial charge in [-0.3, -0.25) is 14.8 Å². The topological polar surface area (TPSA) is 70.2 Å². The minimum atomic E-state index is -0.174. The van der Waals surface area contributed by atoms with Crippen molar-refractivity contribution in [3.63, 3.8) is 0 Å². The molecule has 2 heterocycles. The molecule has 1 atom stereocenters. The van der Waals surface area contributed by atoms with Crippen molar-refractivity contribution in [2.75, 3.05) is 32.8 Å². The molecule has 1 amide bonds. The summed E-state index contributed by atoms with van der Waals surface area (Å²) in [5.74, 6) is -0.174. The van der Waals surface area contributed by atoms with Crippen molar-refractivity contribution in [1.29, 1.82) is 0 Å². The van der Waals surface area contributed by atoms with E-state index in [4.69, 9.17) is 16.3 Å². The van der Waals surface area contributed by atoms with E-state index in [0.717, 1.165) is 29.9 Å². The Morgan fingerprint density at radius 1 is 1.14 bits per heavy atom. The summed E-state index contributed by atoms with van der Waals surface area (Å²) in [5, 5.41) is 10.9. The summed E-state index contributed by atoms with van der Waals surface area (Å²) >= 11 is 6.05. The Hall–Kier alpha value is -2.67. The number of benzene rings is 2. The highest BCUT2D eigenvalue weighted by molar-refractivity contribution is 6.30. The minimum absolute atomic E-state index is 0.0524. The molecule has 1 aliphatic rings. The number of rotatable bonds is 6. The second kappa shape index (κ2) is 9.22. The average Bonchev–Trinajstić information content (AvgIpc) is 3.27. The fourth-order valence-electron chi connectivity index (χ4n) is 3.51. The Balaban J connectivity index is 1.46. The van der Waals surface area contributed by atoms with Gasteiger partial charge in [0.2, 0.25) is 0 Å². The van der Waals surface area contributed by atoms with Gasteiger partial charge in [-0.25, -0.2) is 0 Å². The van der Waals surface area contributed by atoms with E-state index in [1.165, 1.54) is 0 Å². The molecular weight excluding hydrogens is 388 g/mol. The molecule has 0 aliphatic carbocycles. The van der Waals surface area contributed by atoms with Crippen molar-refractivity contribution in [3.8, 4) is 11.3 Å². The number of morpholine rings is 1. The lowest BCUT2D eigenvalue weighted by atomic mass is 10.0. The van der Waals surface area contributed by atoms with E-state index in [9.17, 15) is 4.79 Å². The van der Waals surface area contributed by atoms with Crippen molar-refractivity contribution in [1.82, 2.24) is 20.4 Å². The molecule has 2 aromatic carbocycles. The molecule has 150 valence electrons. The van der Waals surface area contributed by atoms with Crippen LogP contribution in [-0.2, 0) is 4.74 Å².